The van der Waals surface area contributed by atoms with E-state index >= 15 is 0 Å². The third kappa shape index (κ3) is 3.50. The van der Waals surface area contributed by atoms with Gasteiger partial charge in [0, 0.05) is 32.4 Å². The Labute approximate surface area is 137 Å². The number of aliphatic carboxylic acids is 1. The summed E-state index contributed by atoms with van der Waals surface area (Å²) in [5.74, 6) is -1.57. The van der Waals surface area contributed by atoms with E-state index in [4.69, 9.17) is 0 Å². The minimum absolute atomic E-state index is 0.0318. The molecule has 0 aromatic heterocycles. The molecule has 1 aromatic carbocycles. The molecule has 2 atom stereocenters. The number of anilines is 1. The summed E-state index contributed by atoms with van der Waals surface area (Å²) >= 11 is 0. The molecule has 128 valence electrons. The first-order valence-electron chi connectivity index (χ1n) is 7.67. The largest absolute Gasteiger partial charge is 0.481 e. The van der Waals surface area contributed by atoms with E-state index < -0.39 is 21.9 Å². The molecule has 0 saturated carbocycles. The standard InChI is InChI=1S/C16H24N2O4S/c1-11-5-8-14(9-15(11)17(3)4)23(21,22)18-10-13(16(19)20)7-6-12(18)2/h5,8-9,12-13H,6-7,10H2,1-4H3,(H,19,20). The number of carboxylic acid groups (broad SMARTS) is 1. The van der Waals surface area contributed by atoms with Crippen molar-refractivity contribution >= 4 is 21.7 Å². The first-order chi connectivity index (χ1) is 10.6. The third-order valence-corrected chi connectivity index (χ3v) is 6.42. The summed E-state index contributed by atoms with van der Waals surface area (Å²) in [5.41, 5.74) is 1.83. The van der Waals surface area contributed by atoms with Crippen LogP contribution in [0.25, 0.3) is 0 Å². The van der Waals surface area contributed by atoms with Gasteiger partial charge in [-0.1, -0.05) is 6.07 Å². The fourth-order valence-electron chi connectivity index (χ4n) is 2.98. The van der Waals surface area contributed by atoms with Gasteiger partial charge in [-0.2, -0.15) is 4.31 Å². The van der Waals surface area contributed by atoms with E-state index in [1.807, 2.05) is 32.8 Å². The molecular formula is C16H24N2O4S. The molecule has 1 aliphatic rings. The first-order valence-corrected chi connectivity index (χ1v) is 9.11. The maximum Gasteiger partial charge on any atom is 0.307 e. The Bertz CT molecular complexity index is 700. The van der Waals surface area contributed by atoms with Gasteiger partial charge in [-0.3, -0.25) is 4.79 Å². The van der Waals surface area contributed by atoms with Gasteiger partial charge in [-0.15, -0.1) is 0 Å². The van der Waals surface area contributed by atoms with Crippen molar-refractivity contribution in [2.75, 3.05) is 25.5 Å². The van der Waals surface area contributed by atoms with Crippen molar-refractivity contribution in [1.82, 2.24) is 4.31 Å². The summed E-state index contributed by atoms with van der Waals surface area (Å²) < 4.78 is 27.3. The quantitative estimate of drug-likeness (QED) is 0.906. The molecular weight excluding hydrogens is 316 g/mol. The second-order valence-electron chi connectivity index (χ2n) is 6.38. The SMILES string of the molecule is Cc1ccc(S(=O)(=O)N2CC(C(=O)O)CCC2C)cc1N(C)C. The van der Waals surface area contributed by atoms with Gasteiger partial charge in [0.25, 0.3) is 0 Å². The highest BCUT2D eigenvalue weighted by Crippen LogP contribution is 2.30. The van der Waals surface area contributed by atoms with Crippen LogP contribution < -0.4 is 4.90 Å². The lowest BCUT2D eigenvalue weighted by Crippen LogP contribution is -2.47. The highest BCUT2D eigenvalue weighted by molar-refractivity contribution is 7.89. The molecule has 1 aliphatic heterocycles. The Morgan fingerprint density at radius 2 is 1.96 bits per heavy atom. The number of hydrogen-bond donors (Lipinski definition) is 1. The smallest absolute Gasteiger partial charge is 0.307 e. The molecule has 0 spiro atoms. The lowest BCUT2D eigenvalue weighted by Gasteiger charge is -2.35. The predicted octanol–water partition coefficient (Wildman–Crippen LogP) is 1.93. The Balaban J connectivity index is 2.40. The summed E-state index contributed by atoms with van der Waals surface area (Å²) in [6.07, 6.45) is 1.07. The van der Waals surface area contributed by atoms with Crippen LogP contribution in [-0.2, 0) is 14.8 Å². The number of nitrogens with zero attached hydrogens (tertiary/aromatic N) is 2. The number of sulfonamides is 1. The number of piperidine rings is 1. The van der Waals surface area contributed by atoms with Gasteiger partial charge < -0.3 is 10.0 Å². The van der Waals surface area contributed by atoms with Crippen molar-refractivity contribution < 1.29 is 18.3 Å². The predicted molar refractivity (Wildman–Crippen MR) is 89.2 cm³/mol. The van der Waals surface area contributed by atoms with E-state index in [0.29, 0.717) is 12.8 Å². The summed E-state index contributed by atoms with van der Waals surface area (Å²) in [6.45, 7) is 3.79. The first kappa shape index (κ1) is 17.7. The maximum absolute atomic E-state index is 13.0. The van der Waals surface area contributed by atoms with E-state index in [-0.39, 0.29) is 17.5 Å². The lowest BCUT2D eigenvalue weighted by molar-refractivity contribution is -0.143. The molecule has 6 nitrogen and oxygen atoms in total. The van der Waals surface area contributed by atoms with Crippen LogP contribution in [0.4, 0.5) is 5.69 Å². The summed E-state index contributed by atoms with van der Waals surface area (Å²) in [5, 5.41) is 9.20. The zero-order chi connectivity index (χ0) is 17.4. The van der Waals surface area contributed by atoms with Crippen molar-refractivity contribution in [1.29, 1.82) is 0 Å². The van der Waals surface area contributed by atoms with Gasteiger partial charge in [-0.25, -0.2) is 8.42 Å². The molecule has 1 heterocycles. The number of hydrogen-bond acceptors (Lipinski definition) is 4. The van der Waals surface area contributed by atoms with Crippen LogP contribution in [0.15, 0.2) is 23.1 Å². The number of carboxylic acids is 1. The summed E-state index contributed by atoms with van der Waals surface area (Å²) in [7, 11) is 0.0205. The number of aryl methyl sites for hydroxylation is 1. The van der Waals surface area contributed by atoms with Crippen molar-refractivity contribution in [2.45, 2.75) is 37.6 Å². The summed E-state index contributed by atoms with van der Waals surface area (Å²) in [4.78, 5) is 13.3. The molecule has 7 heteroatoms. The molecule has 2 rings (SSSR count). The zero-order valence-corrected chi connectivity index (χ0v) is 14.8. The fraction of sp³-hybridized carbons (Fsp3) is 0.562. The van der Waals surface area contributed by atoms with E-state index in [1.165, 1.54) is 4.31 Å². The van der Waals surface area contributed by atoms with Gasteiger partial charge in [0.2, 0.25) is 10.0 Å². The Kier molecular flexibility index (Phi) is 5.01. The Hall–Kier alpha value is -1.60. The van der Waals surface area contributed by atoms with Crippen LogP contribution in [-0.4, -0.2) is 50.5 Å². The van der Waals surface area contributed by atoms with Crippen LogP contribution in [0.5, 0.6) is 0 Å². The second-order valence-corrected chi connectivity index (χ2v) is 8.27. The molecule has 1 saturated heterocycles. The molecule has 0 bridgehead atoms. The minimum Gasteiger partial charge on any atom is -0.481 e. The zero-order valence-electron chi connectivity index (χ0n) is 14.0. The van der Waals surface area contributed by atoms with Crippen LogP contribution >= 0.6 is 0 Å². The van der Waals surface area contributed by atoms with Crippen LogP contribution in [0.1, 0.15) is 25.3 Å². The molecule has 0 amide bonds. The molecule has 0 radical (unpaired) electrons. The number of benzene rings is 1. The van der Waals surface area contributed by atoms with Crippen LogP contribution in [0.2, 0.25) is 0 Å². The van der Waals surface area contributed by atoms with Gasteiger partial charge in [0.05, 0.1) is 10.8 Å². The van der Waals surface area contributed by atoms with Crippen molar-refractivity contribution in [3.63, 3.8) is 0 Å². The Morgan fingerprint density at radius 1 is 1.30 bits per heavy atom. The molecule has 1 aromatic rings. The molecule has 0 aliphatic carbocycles. The summed E-state index contributed by atoms with van der Waals surface area (Å²) in [6, 6.07) is 4.84. The van der Waals surface area contributed by atoms with Gasteiger partial charge in [-0.05, 0) is 44.4 Å². The van der Waals surface area contributed by atoms with E-state index in [1.54, 1.807) is 18.2 Å². The highest BCUT2D eigenvalue weighted by Gasteiger charge is 2.37. The molecule has 1 fully saturated rings. The van der Waals surface area contributed by atoms with E-state index in [2.05, 4.69) is 0 Å². The van der Waals surface area contributed by atoms with Gasteiger partial charge in [0.1, 0.15) is 0 Å². The van der Waals surface area contributed by atoms with Crippen molar-refractivity contribution in [3.8, 4) is 0 Å². The van der Waals surface area contributed by atoms with Crippen LogP contribution in [0, 0.1) is 12.8 Å². The normalized spacial score (nSPS) is 22.8. The van der Waals surface area contributed by atoms with Crippen molar-refractivity contribution in [3.05, 3.63) is 23.8 Å². The van der Waals surface area contributed by atoms with E-state index in [0.717, 1.165) is 11.3 Å². The van der Waals surface area contributed by atoms with Gasteiger partial charge >= 0.3 is 5.97 Å². The monoisotopic (exact) mass is 340 g/mol. The topological polar surface area (TPSA) is 77.9 Å². The maximum atomic E-state index is 13.0. The molecule has 23 heavy (non-hydrogen) atoms. The average molecular weight is 340 g/mol. The number of rotatable bonds is 4. The molecule has 2 unspecified atom stereocenters. The highest BCUT2D eigenvalue weighted by atomic mass is 32.2. The van der Waals surface area contributed by atoms with Gasteiger partial charge in [0.15, 0.2) is 0 Å². The second kappa shape index (κ2) is 6.49. The molecule has 1 N–H and O–H groups in total. The number of carbonyl (C=O) groups is 1. The fourth-order valence-corrected chi connectivity index (χ4v) is 4.71. The Morgan fingerprint density at radius 3 is 2.52 bits per heavy atom. The van der Waals surface area contributed by atoms with Crippen LogP contribution in [0.3, 0.4) is 0 Å². The van der Waals surface area contributed by atoms with Crippen molar-refractivity contribution in [2.24, 2.45) is 5.92 Å². The third-order valence-electron chi connectivity index (χ3n) is 4.44. The van der Waals surface area contributed by atoms with E-state index in [9.17, 15) is 18.3 Å². The lowest BCUT2D eigenvalue weighted by atomic mass is 9.96. The minimum atomic E-state index is -3.71. The average Bonchev–Trinajstić information content (AvgIpc) is 2.47.